The van der Waals surface area contributed by atoms with E-state index in [9.17, 15) is 14.7 Å². The number of hydrogen-bond acceptors (Lipinski definition) is 5. The number of ketones is 1. The summed E-state index contributed by atoms with van der Waals surface area (Å²) in [5.41, 5.74) is 1.03. The van der Waals surface area contributed by atoms with Gasteiger partial charge in [0.05, 0.1) is 13.2 Å². The number of phenols is 1. The van der Waals surface area contributed by atoms with Crippen molar-refractivity contribution in [3.8, 4) is 11.5 Å². The lowest BCUT2D eigenvalue weighted by Gasteiger charge is -2.08. The number of nitrogens with one attached hydrogen (secondary N) is 1. The van der Waals surface area contributed by atoms with Gasteiger partial charge in [0.1, 0.15) is 18.1 Å². The molecule has 1 amide bonds. The fourth-order valence-electron chi connectivity index (χ4n) is 1.99. The van der Waals surface area contributed by atoms with E-state index < -0.39 is 6.09 Å². The summed E-state index contributed by atoms with van der Waals surface area (Å²) in [5, 5.41) is 11.8. The zero-order valence-electron chi connectivity index (χ0n) is 13.3. The van der Waals surface area contributed by atoms with Crippen molar-refractivity contribution in [1.29, 1.82) is 0 Å². The van der Waals surface area contributed by atoms with Gasteiger partial charge < -0.3 is 19.9 Å². The van der Waals surface area contributed by atoms with Gasteiger partial charge >= 0.3 is 6.09 Å². The molecule has 0 bridgehead atoms. The summed E-state index contributed by atoms with van der Waals surface area (Å²) in [6, 6.07) is 12.8. The molecule has 24 heavy (non-hydrogen) atoms. The fraction of sp³-hybridized carbons (Fsp3) is 0.222. The van der Waals surface area contributed by atoms with Crippen LogP contribution < -0.4 is 10.1 Å². The highest BCUT2D eigenvalue weighted by Gasteiger charge is 2.09. The highest BCUT2D eigenvalue weighted by atomic mass is 16.5. The van der Waals surface area contributed by atoms with Crippen LogP contribution in [0.2, 0.25) is 0 Å². The van der Waals surface area contributed by atoms with Crippen LogP contribution in [-0.2, 0) is 4.74 Å². The van der Waals surface area contributed by atoms with E-state index in [2.05, 4.69) is 5.32 Å². The number of aromatic hydroxyl groups is 1. The molecule has 0 saturated carbocycles. The molecule has 0 spiro atoms. The van der Waals surface area contributed by atoms with Crippen molar-refractivity contribution in [3.63, 3.8) is 0 Å². The second-order valence-corrected chi connectivity index (χ2v) is 4.90. The average molecular weight is 329 g/mol. The maximum atomic E-state index is 12.3. The lowest BCUT2D eigenvalue weighted by atomic mass is 10.0. The number of amides is 1. The van der Waals surface area contributed by atoms with Gasteiger partial charge in [0.25, 0.3) is 0 Å². The van der Waals surface area contributed by atoms with E-state index in [0.29, 0.717) is 36.6 Å². The van der Waals surface area contributed by atoms with Gasteiger partial charge in [-0.1, -0.05) is 0 Å². The van der Waals surface area contributed by atoms with Crippen molar-refractivity contribution >= 4 is 11.9 Å². The van der Waals surface area contributed by atoms with Gasteiger partial charge in [-0.3, -0.25) is 4.79 Å². The van der Waals surface area contributed by atoms with E-state index in [-0.39, 0.29) is 11.5 Å². The second kappa shape index (κ2) is 8.57. The van der Waals surface area contributed by atoms with Gasteiger partial charge in [-0.25, -0.2) is 4.79 Å². The monoisotopic (exact) mass is 329 g/mol. The number of ether oxygens (including phenoxy) is 2. The molecule has 0 radical (unpaired) electrons. The van der Waals surface area contributed by atoms with Crippen LogP contribution in [0.4, 0.5) is 4.79 Å². The Morgan fingerprint density at radius 3 is 2.17 bits per heavy atom. The summed E-state index contributed by atoms with van der Waals surface area (Å²) in [6.07, 6.45) is -0.476. The number of rotatable bonds is 7. The Balaban J connectivity index is 1.85. The first-order chi connectivity index (χ1) is 11.6. The first-order valence-corrected chi connectivity index (χ1v) is 7.57. The van der Waals surface area contributed by atoms with E-state index in [1.54, 1.807) is 43.3 Å². The van der Waals surface area contributed by atoms with E-state index >= 15 is 0 Å². The third kappa shape index (κ3) is 5.01. The predicted molar refractivity (Wildman–Crippen MR) is 88.5 cm³/mol. The van der Waals surface area contributed by atoms with E-state index in [1.165, 1.54) is 12.1 Å². The van der Waals surface area contributed by atoms with Crippen LogP contribution in [0.3, 0.4) is 0 Å². The van der Waals surface area contributed by atoms with Gasteiger partial charge in [-0.15, -0.1) is 0 Å². The minimum absolute atomic E-state index is 0.117. The fourth-order valence-corrected chi connectivity index (χ4v) is 1.99. The molecule has 0 atom stereocenters. The number of benzene rings is 2. The molecule has 0 heterocycles. The van der Waals surface area contributed by atoms with Crippen LogP contribution >= 0.6 is 0 Å². The molecule has 6 nitrogen and oxygen atoms in total. The first-order valence-electron chi connectivity index (χ1n) is 7.57. The Hall–Kier alpha value is -3.02. The maximum absolute atomic E-state index is 12.3. The lowest BCUT2D eigenvalue weighted by Crippen LogP contribution is -2.28. The zero-order valence-corrected chi connectivity index (χ0v) is 13.3. The number of phenolic OH excluding ortho intramolecular Hbond substituents is 1. The van der Waals surface area contributed by atoms with Gasteiger partial charge in [-0.2, -0.15) is 0 Å². The summed E-state index contributed by atoms with van der Waals surface area (Å²) in [4.78, 5) is 23.4. The predicted octanol–water partition coefficient (Wildman–Crippen LogP) is 2.75. The van der Waals surface area contributed by atoms with Gasteiger partial charge in [0, 0.05) is 11.1 Å². The SMILES string of the molecule is CCOC(=O)NCCOc1ccc(C(=O)c2ccc(O)cc2)cc1. The number of hydrogen-bond donors (Lipinski definition) is 2. The summed E-state index contributed by atoms with van der Waals surface area (Å²) in [5.74, 6) is 0.583. The minimum Gasteiger partial charge on any atom is -0.508 e. The number of alkyl carbamates (subject to hydrolysis) is 1. The Morgan fingerprint density at radius 2 is 1.58 bits per heavy atom. The zero-order chi connectivity index (χ0) is 17.4. The van der Waals surface area contributed by atoms with E-state index in [4.69, 9.17) is 9.47 Å². The standard InChI is InChI=1S/C18H19NO5/c1-2-23-18(22)19-11-12-24-16-9-5-14(6-10-16)17(21)13-3-7-15(20)8-4-13/h3-10,20H,2,11-12H2,1H3,(H,19,22). The largest absolute Gasteiger partial charge is 0.508 e. The van der Waals surface area contributed by atoms with Crippen LogP contribution in [-0.4, -0.2) is 36.7 Å². The van der Waals surface area contributed by atoms with Gasteiger partial charge in [0.15, 0.2) is 5.78 Å². The third-order valence-electron chi connectivity index (χ3n) is 3.16. The molecule has 6 heteroatoms. The molecule has 2 aromatic rings. The van der Waals surface area contributed by atoms with E-state index in [0.717, 1.165) is 0 Å². The molecule has 0 aromatic heterocycles. The summed E-state index contributed by atoms with van der Waals surface area (Å²) >= 11 is 0. The average Bonchev–Trinajstić information content (AvgIpc) is 2.60. The van der Waals surface area contributed by atoms with Gasteiger partial charge in [-0.05, 0) is 55.5 Å². The molecule has 0 aliphatic heterocycles. The summed E-state index contributed by atoms with van der Waals surface area (Å²) in [6.45, 7) is 2.68. The number of carbonyl (C=O) groups is 2. The molecular weight excluding hydrogens is 310 g/mol. The highest BCUT2D eigenvalue weighted by molar-refractivity contribution is 6.09. The van der Waals surface area contributed by atoms with Crippen molar-refractivity contribution in [1.82, 2.24) is 5.32 Å². The molecule has 0 saturated heterocycles. The van der Waals surface area contributed by atoms with Crippen molar-refractivity contribution in [2.24, 2.45) is 0 Å². The first kappa shape index (κ1) is 17.3. The van der Waals surface area contributed by atoms with Crippen molar-refractivity contribution in [2.75, 3.05) is 19.8 Å². The second-order valence-electron chi connectivity index (χ2n) is 4.90. The van der Waals surface area contributed by atoms with Crippen LogP contribution in [0.25, 0.3) is 0 Å². The molecular formula is C18H19NO5. The topological polar surface area (TPSA) is 84.9 Å². The highest BCUT2D eigenvalue weighted by Crippen LogP contribution is 2.17. The van der Waals surface area contributed by atoms with Crippen molar-refractivity contribution < 1.29 is 24.2 Å². The normalized spacial score (nSPS) is 10.0. The number of carbonyl (C=O) groups excluding carboxylic acids is 2. The Kier molecular flexibility index (Phi) is 6.19. The van der Waals surface area contributed by atoms with Crippen LogP contribution in [0.15, 0.2) is 48.5 Å². The van der Waals surface area contributed by atoms with Crippen LogP contribution in [0, 0.1) is 0 Å². The summed E-state index contributed by atoms with van der Waals surface area (Å²) < 4.78 is 10.2. The minimum atomic E-state index is -0.476. The van der Waals surface area contributed by atoms with Crippen molar-refractivity contribution in [2.45, 2.75) is 6.92 Å². The smallest absolute Gasteiger partial charge is 0.407 e. The molecule has 2 aromatic carbocycles. The van der Waals surface area contributed by atoms with Gasteiger partial charge in [0.2, 0.25) is 0 Å². The Bertz CT molecular complexity index is 680. The Labute approximate surface area is 140 Å². The quantitative estimate of drug-likeness (QED) is 0.603. The molecule has 126 valence electrons. The molecule has 2 rings (SSSR count). The van der Waals surface area contributed by atoms with E-state index in [1.807, 2.05) is 0 Å². The molecule has 0 aliphatic rings. The molecule has 0 fully saturated rings. The van der Waals surface area contributed by atoms with Crippen LogP contribution in [0.1, 0.15) is 22.8 Å². The lowest BCUT2D eigenvalue weighted by molar-refractivity contribution is 0.103. The Morgan fingerprint density at radius 1 is 1.00 bits per heavy atom. The maximum Gasteiger partial charge on any atom is 0.407 e. The summed E-state index contributed by atoms with van der Waals surface area (Å²) in [7, 11) is 0. The van der Waals surface area contributed by atoms with Crippen LogP contribution in [0.5, 0.6) is 11.5 Å². The molecule has 0 aliphatic carbocycles. The molecule has 2 N–H and O–H groups in total. The van der Waals surface area contributed by atoms with Crippen molar-refractivity contribution in [3.05, 3.63) is 59.7 Å². The molecule has 0 unspecified atom stereocenters. The third-order valence-corrected chi connectivity index (χ3v) is 3.16.